The Bertz CT molecular complexity index is 651. The third-order valence-corrected chi connectivity index (χ3v) is 5.00. The number of hydrogen-bond acceptors (Lipinski definition) is 3. The number of carbonyl (C=O) groups excluding carboxylic acids is 2. The summed E-state index contributed by atoms with van der Waals surface area (Å²) in [4.78, 5) is 26.5. The van der Waals surface area contributed by atoms with E-state index in [0.29, 0.717) is 19.4 Å². The summed E-state index contributed by atoms with van der Waals surface area (Å²) in [6, 6.07) is 6.86. The first-order valence-corrected chi connectivity index (χ1v) is 9.11. The maximum Gasteiger partial charge on any atom is 0.243 e. The first-order chi connectivity index (χ1) is 12.2. The van der Waals surface area contributed by atoms with Gasteiger partial charge in [-0.3, -0.25) is 14.5 Å². The predicted octanol–water partition coefficient (Wildman–Crippen LogP) is 3.20. The van der Waals surface area contributed by atoms with Crippen LogP contribution in [-0.4, -0.2) is 31.5 Å². The van der Waals surface area contributed by atoms with Crippen LogP contribution in [0.25, 0.3) is 0 Å². The van der Waals surface area contributed by atoms with Gasteiger partial charge in [0.2, 0.25) is 11.8 Å². The zero-order valence-electron chi connectivity index (χ0n) is 14.8. The minimum Gasteiger partial charge on any atom is -0.497 e. The smallest absolute Gasteiger partial charge is 0.243 e. The molecule has 1 N–H and O–H groups in total. The van der Waals surface area contributed by atoms with Crippen LogP contribution in [0.5, 0.6) is 5.75 Å². The van der Waals surface area contributed by atoms with Gasteiger partial charge < -0.3 is 10.1 Å². The minimum atomic E-state index is -0.416. The topological polar surface area (TPSA) is 58.6 Å². The molecular weight excluding hydrogens is 316 g/mol. The molecule has 0 saturated carbocycles. The SMILES string of the molecule is COc1ccc(N2C(=O)CCC2C(=O)NCCC2=CCCCC2)cc1. The summed E-state index contributed by atoms with van der Waals surface area (Å²) >= 11 is 0. The van der Waals surface area contributed by atoms with Gasteiger partial charge in [0.25, 0.3) is 0 Å². The van der Waals surface area contributed by atoms with Crippen molar-refractivity contribution in [1.29, 1.82) is 0 Å². The molecule has 1 saturated heterocycles. The van der Waals surface area contributed by atoms with Crippen LogP contribution < -0.4 is 15.0 Å². The van der Waals surface area contributed by atoms with Crippen molar-refractivity contribution in [2.75, 3.05) is 18.6 Å². The van der Waals surface area contributed by atoms with E-state index in [1.807, 2.05) is 24.3 Å². The third kappa shape index (κ3) is 4.21. The first kappa shape index (κ1) is 17.5. The summed E-state index contributed by atoms with van der Waals surface area (Å²) in [5, 5.41) is 3.02. The van der Waals surface area contributed by atoms with Crippen LogP contribution in [0.15, 0.2) is 35.9 Å². The molecule has 25 heavy (non-hydrogen) atoms. The van der Waals surface area contributed by atoms with Gasteiger partial charge in [0.15, 0.2) is 0 Å². The Morgan fingerprint density at radius 3 is 2.72 bits per heavy atom. The van der Waals surface area contributed by atoms with E-state index in [1.54, 1.807) is 12.0 Å². The lowest BCUT2D eigenvalue weighted by molar-refractivity contribution is -0.123. The first-order valence-electron chi connectivity index (χ1n) is 9.11. The number of hydrogen-bond donors (Lipinski definition) is 1. The van der Waals surface area contributed by atoms with Gasteiger partial charge in [-0.25, -0.2) is 0 Å². The van der Waals surface area contributed by atoms with Crippen molar-refractivity contribution in [2.24, 2.45) is 0 Å². The van der Waals surface area contributed by atoms with Gasteiger partial charge in [0.1, 0.15) is 11.8 Å². The average Bonchev–Trinajstić information content (AvgIpc) is 3.04. The molecule has 1 aliphatic heterocycles. The monoisotopic (exact) mass is 342 g/mol. The fourth-order valence-electron chi connectivity index (χ4n) is 3.59. The van der Waals surface area contributed by atoms with E-state index in [4.69, 9.17) is 4.74 Å². The van der Waals surface area contributed by atoms with Gasteiger partial charge in [0.05, 0.1) is 7.11 Å². The number of ether oxygens (including phenoxy) is 1. The fourth-order valence-corrected chi connectivity index (χ4v) is 3.59. The van der Waals surface area contributed by atoms with Crippen LogP contribution in [0.3, 0.4) is 0 Å². The average molecular weight is 342 g/mol. The summed E-state index contributed by atoms with van der Waals surface area (Å²) < 4.78 is 5.16. The van der Waals surface area contributed by atoms with E-state index >= 15 is 0 Å². The molecule has 3 rings (SSSR count). The number of nitrogens with zero attached hydrogens (tertiary/aromatic N) is 1. The van der Waals surface area contributed by atoms with E-state index in [0.717, 1.165) is 30.7 Å². The lowest BCUT2D eigenvalue weighted by Crippen LogP contribution is -2.45. The highest BCUT2D eigenvalue weighted by molar-refractivity contribution is 6.03. The molecule has 2 aliphatic rings. The summed E-state index contributed by atoms with van der Waals surface area (Å²) in [6.07, 6.45) is 9.03. The minimum absolute atomic E-state index is 0.000283. The van der Waals surface area contributed by atoms with Crippen molar-refractivity contribution in [3.63, 3.8) is 0 Å². The van der Waals surface area contributed by atoms with Crippen molar-refractivity contribution >= 4 is 17.5 Å². The Kier molecular flexibility index (Phi) is 5.74. The number of rotatable bonds is 6. The molecule has 0 radical (unpaired) electrons. The molecule has 1 aliphatic carbocycles. The van der Waals surface area contributed by atoms with E-state index in [-0.39, 0.29) is 11.8 Å². The van der Waals surface area contributed by atoms with Gasteiger partial charge in [-0.2, -0.15) is 0 Å². The molecular formula is C20H26N2O3. The molecule has 2 amide bonds. The highest BCUT2D eigenvalue weighted by Crippen LogP contribution is 2.28. The Morgan fingerprint density at radius 1 is 1.24 bits per heavy atom. The highest BCUT2D eigenvalue weighted by atomic mass is 16.5. The Morgan fingerprint density at radius 2 is 2.04 bits per heavy atom. The van der Waals surface area contributed by atoms with E-state index in [9.17, 15) is 9.59 Å². The van der Waals surface area contributed by atoms with Crippen LogP contribution in [-0.2, 0) is 9.59 Å². The molecule has 5 heteroatoms. The maximum atomic E-state index is 12.6. The van der Waals surface area contributed by atoms with Crippen molar-refractivity contribution in [2.45, 2.75) is 51.0 Å². The van der Waals surface area contributed by atoms with Crippen molar-refractivity contribution in [3.05, 3.63) is 35.9 Å². The van der Waals surface area contributed by atoms with Crippen LogP contribution in [0.4, 0.5) is 5.69 Å². The second-order valence-corrected chi connectivity index (χ2v) is 6.67. The van der Waals surface area contributed by atoms with Crippen molar-refractivity contribution < 1.29 is 14.3 Å². The van der Waals surface area contributed by atoms with E-state index in [1.165, 1.54) is 18.4 Å². The van der Waals surface area contributed by atoms with E-state index < -0.39 is 6.04 Å². The molecule has 1 aromatic carbocycles. The van der Waals surface area contributed by atoms with Crippen molar-refractivity contribution in [3.8, 4) is 5.75 Å². The van der Waals surface area contributed by atoms with Crippen LogP contribution >= 0.6 is 0 Å². The number of benzene rings is 1. The normalized spacial score (nSPS) is 20.4. The summed E-state index contributed by atoms with van der Waals surface area (Å²) in [5.41, 5.74) is 2.19. The lowest BCUT2D eigenvalue weighted by Gasteiger charge is -2.24. The molecule has 1 aromatic rings. The Hall–Kier alpha value is -2.30. The largest absolute Gasteiger partial charge is 0.497 e. The molecule has 0 aromatic heterocycles. The standard InChI is InChI=1S/C20H26N2O3/c1-25-17-9-7-16(8-10-17)22-18(11-12-19(22)23)20(24)21-14-13-15-5-3-2-4-6-15/h5,7-10,18H,2-4,6,11-14H2,1H3,(H,21,24). The number of amides is 2. The second kappa shape index (κ2) is 8.19. The van der Waals surface area contributed by atoms with Gasteiger partial charge >= 0.3 is 0 Å². The number of methoxy groups -OCH3 is 1. The summed E-state index contributed by atoms with van der Waals surface area (Å²) in [6.45, 7) is 0.645. The predicted molar refractivity (Wildman–Crippen MR) is 97.7 cm³/mol. The zero-order valence-corrected chi connectivity index (χ0v) is 14.8. The molecule has 1 unspecified atom stereocenters. The Labute approximate surface area is 149 Å². The maximum absolute atomic E-state index is 12.6. The quantitative estimate of drug-likeness (QED) is 0.808. The third-order valence-electron chi connectivity index (χ3n) is 5.00. The second-order valence-electron chi connectivity index (χ2n) is 6.67. The van der Waals surface area contributed by atoms with Crippen LogP contribution in [0.1, 0.15) is 44.9 Å². The lowest BCUT2D eigenvalue weighted by atomic mass is 9.97. The van der Waals surface area contributed by atoms with Gasteiger partial charge in [-0.15, -0.1) is 0 Å². The molecule has 134 valence electrons. The number of anilines is 1. The number of nitrogens with one attached hydrogen (secondary N) is 1. The molecule has 1 heterocycles. The highest BCUT2D eigenvalue weighted by Gasteiger charge is 2.36. The van der Waals surface area contributed by atoms with Gasteiger partial charge in [-0.1, -0.05) is 11.6 Å². The molecule has 1 atom stereocenters. The molecule has 5 nitrogen and oxygen atoms in total. The van der Waals surface area contributed by atoms with Gasteiger partial charge in [0, 0.05) is 18.7 Å². The molecule has 1 fully saturated rings. The fraction of sp³-hybridized carbons (Fsp3) is 0.500. The number of carbonyl (C=O) groups is 2. The molecule has 0 spiro atoms. The molecule has 0 bridgehead atoms. The van der Waals surface area contributed by atoms with Gasteiger partial charge in [-0.05, 0) is 62.8 Å². The van der Waals surface area contributed by atoms with E-state index in [2.05, 4.69) is 11.4 Å². The van der Waals surface area contributed by atoms with Crippen molar-refractivity contribution in [1.82, 2.24) is 5.32 Å². The summed E-state index contributed by atoms with van der Waals surface area (Å²) in [5.74, 6) is 0.676. The summed E-state index contributed by atoms with van der Waals surface area (Å²) in [7, 11) is 1.61. The van der Waals surface area contributed by atoms with Crippen LogP contribution in [0.2, 0.25) is 0 Å². The Balaban J connectivity index is 1.60. The number of allylic oxidation sites excluding steroid dienone is 1. The zero-order chi connectivity index (χ0) is 17.6. The van der Waals surface area contributed by atoms with Crippen LogP contribution in [0, 0.1) is 0 Å².